The number of unbranched alkanes of at least 4 members (excludes halogenated alkanes) is 1. The number of nitrogens with zero attached hydrogens (tertiary/aromatic N) is 2. The van der Waals surface area contributed by atoms with Gasteiger partial charge >= 0.3 is 0 Å². The van der Waals surface area contributed by atoms with Crippen molar-refractivity contribution >= 4 is 10.0 Å². The van der Waals surface area contributed by atoms with E-state index in [1.54, 1.807) is 4.31 Å². The van der Waals surface area contributed by atoms with Crippen LogP contribution in [-0.2, 0) is 10.0 Å². The van der Waals surface area contributed by atoms with Gasteiger partial charge in [0.05, 0.1) is 5.75 Å². The van der Waals surface area contributed by atoms with Gasteiger partial charge in [0.2, 0.25) is 10.0 Å². The maximum atomic E-state index is 12.1. The van der Waals surface area contributed by atoms with Crippen molar-refractivity contribution < 1.29 is 20.8 Å². The molecule has 2 fully saturated rings. The Morgan fingerprint density at radius 1 is 1.05 bits per heavy atom. The molecule has 4 nitrogen and oxygen atoms in total. The molecule has 0 aromatic heterocycles. The number of hydrogen-bond acceptors (Lipinski definition) is 3. The molecule has 6 heteroatoms. The summed E-state index contributed by atoms with van der Waals surface area (Å²) in [5.74, 6) is 0.326. The second-order valence-corrected chi connectivity index (χ2v) is 7.63. The number of piperazine rings is 1. The molecule has 1 saturated carbocycles. The zero-order chi connectivity index (χ0) is 13.0. The van der Waals surface area contributed by atoms with Crippen LogP contribution in [0, 0.1) is 0 Å². The Hall–Kier alpha value is 0.160. The van der Waals surface area contributed by atoms with E-state index in [2.05, 4.69) is 4.90 Å². The van der Waals surface area contributed by atoms with Gasteiger partial charge < -0.3 is 12.4 Å². The van der Waals surface area contributed by atoms with E-state index in [0.29, 0.717) is 18.8 Å². The van der Waals surface area contributed by atoms with E-state index in [4.69, 9.17) is 0 Å². The highest BCUT2D eigenvalue weighted by atomic mass is 35.5. The van der Waals surface area contributed by atoms with Gasteiger partial charge in [-0.2, -0.15) is 4.31 Å². The molecule has 2 aliphatic rings. The SMILES string of the molecule is CCCCS(=O)(=O)N1CCN(C2CCCC2)CC1.[Cl-]. The summed E-state index contributed by atoms with van der Waals surface area (Å²) in [6.45, 7) is 5.28. The molecule has 1 aliphatic heterocycles. The average Bonchev–Trinajstić information content (AvgIpc) is 2.90. The summed E-state index contributed by atoms with van der Waals surface area (Å²) in [5.41, 5.74) is 0. The largest absolute Gasteiger partial charge is 1.00 e. The van der Waals surface area contributed by atoms with E-state index in [-0.39, 0.29) is 12.4 Å². The van der Waals surface area contributed by atoms with Crippen LogP contribution in [-0.4, -0.2) is 55.6 Å². The predicted molar refractivity (Wildman–Crippen MR) is 74.1 cm³/mol. The van der Waals surface area contributed by atoms with Crippen molar-refractivity contribution in [3.63, 3.8) is 0 Å². The van der Waals surface area contributed by atoms with Gasteiger partial charge in [-0.3, -0.25) is 4.90 Å². The molecule has 0 aromatic rings. The number of halogens is 1. The van der Waals surface area contributed by atoms with Gasteiger partial charge in [0.25, 0.3) is 0 Å². The summed E-state index contributed by atoms with van der Waals surface area (Å²) >= 11 is 0. The zero-order valence-corrected chi connectivity index (χ0v) is 13.4. The van der Waals surface area contributed by atoms with E-state index in [0.717, 1.165) is 32.0 Å². The molecule has 1 aliphatic carbocycles. The summed E-state index contributed by atoms with van der Waals surface area (Å²) in [4.78, 5) is 2.50. The highest BCUT2D eigenvalue weighted by Crippen LogP contribution is 2.24. The molecule has 0 spiro atoms. The fourth-order valence-corrected chi connectivity index (χ4v) is 4.70. The zero-order valence-electron chi connectivity index (χ0n) is 11.9. The maximum absolute atomic E-state index is 12.1. The van der Waals surface area contributed by atoms with Crippen LogP contribution in [0.4, 0.5) is 0 Å². The first kappa shape index (κ1) is 17.2. The molecule has 0 unspecified atom stereocenters. The normalized spacial score (nSPS) is 23.4. The Kier molecular flexibility index (Phi) is 7.08. The molecule has 0 radical (unpaired) electrons. The smallest absolute Gasteiger partial charge is 0.214 e. The van der Waals surface area contributed by atoms with Crippen molar-refractivity contribution in [1.29, 1.82) is 0 Å². The summed E-state index contributed by atoms with van der Waals surface area (Å²) in [5, 5.41) is 0. The Morgan fingerprint density at radius 3 is 2.16 bits per heavy atom. The van der Waals surface area contributed by atoms with Crippen molar-refractivity contribution in [3.05, 3.63) is 0 Å². The summed E-state index contributed by atoms with van der Waals surface area (Å²) in [7, 11) is -2.99. The monoisotopic (exact) mass is 309 g/mol. The minimum Gasteiger partial charge on any atom is -1.00 e. The second kappa shape index (κ2) is 7.81. The Balaban J connectivity index is 0.00000180. The lowest BCUT2D eigenvalue weighted by molar-refractivity contribution is -0.00000646. The first-order chi connectivity index (χ1) is 8.63. The summed E-state index contributed by atoms with van der Waals surface area (Å²) in [6.07, 6.45) is 7.04. The Bertz CT molecular complexity index is 348. The topological polar surface area (TPSA) is 40.6 Å². The lowest BCUT2D eigenvalue weighted by Gasteiger charge is -2.37. The van der Waals surface area contributed by atoms with Crippen molar-refractivity contribution in [2.45, 2.75) is 51.5 Å². The Morgan fingerprint density at radius 2 is 1.63 bits per heavy atom. The molecular formula is C13H26ClN2O2S-. The van der Waals surface area contributed by atoms with E-state index in [1.807, 2.05) is 6.92 Å². The van der Waals surface area contributed by atoms with Crippen LogP contribution in [0.5, 0.6) is 0 Å². The van der Waals surface area contributed by atoms with Crippen LogP contribution in [0.3, 0.4) is 0 Å². The van der Waals surface area contributed by atoms with Crippen LogP contribution >= 0.6 is 0 Å². The molecule has 0 N–H and O–H groups in total. The lowest BCUT2D eigenvalue weighted by Crippen LogP contribution is -3.00. The number of rotatable bonds is 5. The minimum absolute atomic E-state index is 0. The van der Waals surface area contributed by atoms with Gasteiger partial charge in [-0.05, 0) is 19.3 Å². The summed E-state index contributed by atoms with van der Waals surface area (Å²) < 4.78 is 25.9. The van der Waals surface area contributed by atoms with Gasteiger partial charge in [0.15, 0.2) is 0 Å². The molecule has 114 valence electrons. The molecular weight excluding hydrogens is 284 g/mol. The van der Waals surface area contributed by atoms with E-state index in [9.17, 15) is 8.42 Å². The fourth-order valence-electron chi connectivity index (χ4n) is 3.07. The summed E-state index contributed by atoms with van der Waals surface area (Å²) in [6, 6.07) is 0.727. The third kappa shape index (κ3) is 4.59. The molecule has 1 saturated heterocycles. The first-order valence-corrected chi connectivity index (χ1v) is 8.96. The van der Waals surface area contributed by atoms with Crippen LogP contribution < -0.4 is 12.4 Å². The lowest BCUT2D eigenvalue weighted by atomic mass is 10.2. The van der Waals surface area contributed by atoms with Gasteiger partial charge in [-0.1, -0.05) is 26.2 Å². The molecule has 0 atom stereocenters. The predicted octanol–water partition coefficient (Wildman–Crippen LogP) is -1.32. The maximum Gasteiger partial charge on any atom is 0.214 e. The third-order valence-corrected chi connectivity index (χ3v) is 6.22. The quantitative estimate of drug-likeness (QED) is 0.632. The van der Waals surface area contributed by atoms with E-state index in [1.165, 1.54) is 25.7 Å². The number of sulfonamides is 1. The molecule has 0 bridgehead atoms. The number of hydrogen-bond donors (Lipinski definition) is 0. The highest BCUT2D eigenvalue weighted by molar-refractivity contribution is 7.89. The molecule has 0 amide bonds. The second-order valence-electron chi connectivity index (χ2n) is 5.54. The average molecular weight is 310 g/mol. The third-order valence-electron chi connectivity index (χ3n) is 4.26. The van der Waals surface area contributed by atoms with Crippen molar-refractivity contribution in [2.75, 3.05) is 31.9 Å². The van der Waals surface area contributed by atoms with Crippen molar-refractivity contribution in [3.8, 4) is 0 Å². The molecule has 2 rings (SSSR count). The molecule has 1 heterocycles. The van der Waals surface area contributed by atoms with Crippen molar-refractivity contribution in [1.82, 2.24) is 9.21 Å². The van der Waals surface area contributed by atoms with Crippen LogP contribution in [0.1, 0.15) is 45.4 Å². The first-order valence-electron chi connectivity index (χ1n) is 7.35. The van der Waals surface area contributed by atoms with Crippen LogP contribution in [0.25, 0.3) is 0 Å². The van der Waals surface area contributed by atoms with Crippen LogP contribution in [0.2, 0.25) is 0 Å². The van der Waals surface area contributed by atoms with Crippen molar-refractivity contribution in [2.24, 2.45) is 0 Å². The molecule has 19 heavy (non-hydrogen) atoms. The van der Waals surface area contributed by atoms with Gasteiger partial charge in [-0.15, -0.1) is 0 Å². The van der Waals surface area contributed by atoms with Gasteiger partial charge in [0, 0.05) is 32.2 Å². The van der Waals surface area contributed by atoms with E-state index < -0.39 is 10.0 Å². The molecule has 0 aromatic carbocycles. The Labute approximate surface area is 124 Å². The van der Waals surface area contributed by atoms with Gasteiger partial charge in [0.1, 0.15) is 0 Å². The van der Waals surface area contributed by atoms with Gasteiger partial charge in [-0.25, -0.2) is 8.42 Å². The minimum atomic E-state index is -2.99. The fraction of sp³-hybridized carbons (Fsp3) is 1.00. The van der Waals surface area contributed by atoms with E-state index >= 15 is 0 Å². The van der Waals surface area contributed by atoms with Crippen LogP contribution in [0.15, 0.2) is 0 Å². The highest BCUT2D eigenvalue weighted by Gasteiger charge is 2.30. The standard InChI is InChI=1S/C13H26N2O2S.ClH/c1-2-3-12-18(16,17)15-10-8-14(9-11-15)13-6-4-5-7-13;/h13H,2-12H2,1H3;1H/p-1.